The first-order chi connectivity index (χ1) is 11.2. The Balaban J connectivity index is 1.76. The monoisotopic (exact) mass is 313 g/mol. The van der Waals surface area contributed by atoms with Gasteiger partial charge in [-0.05, 0) is 50.7 Å². The second kappa shape index (κ2) is 6.87. The summed E-state index contributed by atoms with van der Waals surface area (Å²) in [6.45, 7) is 1.85. The zero-order valence-electron chi connectivity index (χ0n) is 13.7. The average molecular weight is 313 g/mol. The van der Waals surface area contributed by atoms with Crippen LogP contribution >= 0.6 is 0 Å². The van der Waals surface area contributed by atoms with Crippen LogP contribution in [0.5, 0.6) is 11.5 Å². The lowest BCUT2D eigenvalue weighted by Gasteiger charge is -2.20. The number of nitrogen functional groups attached to an aromatic ring is 1. The Kier molecular flexibility index (Phi) is 4.67. The lowest BCUT2D eigenvalue weighted by Crippen LogP contribution is -2.30. The van der Waals surface area contributed by atoms with Gasteiger partial charge in [-0.15, -0.1) is 0 Å². The second-order valence-electron chi connectivity index (χ2n) is 5.90. The number of nitrogens with zero attached hydrogens (tertiary/aromatic N) is 2. The standard InChI is InChI=1S/C18H23N3O2/c1-21-10-4-5-13(21)12-23-14-8-9-15(17(11-14)22-2)16-6-3-7-18(19)20-16/h3,6-9,11,13H,4-5,10,12H2,1-2H3,(H2,19,20). The average Bonchev–Trinajstić information content (AvgIpc) is 2.97. The van der Waals surface area contributed by atoms with E-state index in [0.29, 0.717) is 18.5 Å². The fourth-order valence-electron chi connectivity index (χ4n) is 2.96. The number of benzene rings is 1. The highest BCUT2D eigenvalue weighted by molar-refractivity contribution is 5.69. The molecule has 1 aromatic carbocycles. The molecule has 0 bridgehead atoms. The molecule has 1 aliphatic rings. The van der Waals surface area contributed by atoms with Crippen LogP contribution in [-0.4, -0.2) is 43.2 Å². The fourth-order valence-corrected chi connectivity index (χ4v) is 2.96. The van der Waals surface area contributed by atoms with Crippen LogP contribution in [0.15, 0.2) is 36.4 Å². The third-order valence-electron chi connectivity index (χ3n) is 4.33. The van der Waals surface area contributed by atoms with Crippen molar-refractivity contribution in [2.75, 3.05) is 33.0 Å². The van der Waals surface area contributed by atoms with Gasteiger partial charge >= 0.3 is 0 Å². The molecule has 2 N–H and O–H groups in total. The minimum atomic E-state index is 0.495. The van der Waals surface area contributed by atoms with Crippen LogP contribution in [0.3, 0.4) is 0 Å². The quantitative estimate of drug-likeness (QED) is 0.920. The van der Waals surface area contributed by atoms with Crippen molar-refractivity contribution < 1.29 is 9.47 Å². The summed E-state index contributed by atoms with van der Waals surface area (Å²) >= 11 is 0. The SMILES string of the molecule is COc1cc(OCC2CCCN2C)ccc1-c1cccc(N)n1. The van der Waals surface area contributed by atoms with Crippen LogP contribution in [-0.2, 0) is 0 Å². The number of likely N-dealkylation sites (tertiary alicyclic amines) is 1. The highest BCUT2D eigenvalue weighted by atomic mass is 16.5. The molecule has 0 spiro atoms. The van der Waals surface area contributed by atoms with Crippen molar-refractivity contribution >= 4 is 5.82 Å². The Hall–Kier alpha value is -2.27. The molecule has 0 aliphatic carbocycles. The summed E-state index contributed by atoms with van der Waals surface area (Å²) in [6.07, 6.45) is 2.44. The van der Waals surface area contributed by atoms with Gasteiger partial charge in [-0.25, -0.2) is 4.98 Å². The predicted molar refractivity (Wildman–Crippen MR) is 91.8 cm³/mol. The summed E-state index contributed by atoms with van der Waals surface area (Å²) in [5.41, 5.74) is 7.47. The van der Waals surface area contributed by atoms with Gasteiger partial charge in [-0.3, -0.25) is 0 Å². The Morgan fingerprint density at radius 3 is 2.87 bits per heavy atom. The molecule has 1 saturated heterocycles. The van der Waals surface area contributed by atoms with Crippen LogP contribution in [0, 0.1) is 0 Å². The van der Waals surface area contributed by atoms with E-state index in [4.69, 9.17) is 15.2 Å². The van der Waals surface area contributed by atoms with E-state index in [1.54, 1.807) is 13.2 Å². The second-order valence-corrected chi connectivity index (χ2v) is 5.90. The van der Waals surface area contributed by atoms with Crippen molar-refractivity contribution in [3.05, 3.63) is 36.4 Å². The number of aromatic nitrogens is 1. The highest BCUT2D eigenvalue weighted by Crippen LogP contribution is 2.32. The Morgan fingerprint density at radius 2 is 2.17 bits per heavy atom. The Labute approximate surface area is 137 Å². The molecule has 1 fully saturated rings. The van der Waals surface area contributed by atoms with E-state index in [1.165, 1.54) is 12.8 Å². The maximum Gasteiger partial charge on any atom is 0.131 e. The molecule has 5 heteroatoms. The zero-order chi connectivity index (χ0) is 16.2. The maximum absolute atomic E-state index is 5.95. The molecule has 2 heterocycles. The van der Waals surface area contributed by atoms with Gasteiger partial charge in [0.2, 0.25) is 0 Å². The van der Waals surface area contributed by atoms with E-state index in [9.17, 15) is 0 Å². The number of hydrogen-bond acceptors (Lipinski definition) is 5. The maximum atomic E-state index is 5.95. The van der Waals surface area contributed by atoms with Crippen molar-refractivity contribution in [1.82, 2.24) is 9.88 Å². The van der Waals surface area contributed by atoms with E-state index >= 15 is 0 Å². The van der Waals surface area contributed by atoms with Gasteiger partial charge in [-0.2, -0.15) is 0 Å². The molecule has 3 rings (SSSR count). The van der Waals surface area contributed by atoms with Crippen LogP contribution in [0.4, 0.5) is 5.82 Å². The first-order valence-corrected chi connectivity index (χ1v) is 7.91. The summed E-state index contributed by atoms with van der Waals surface area (Å²) in [6, 6.07) is 11.9. The number of pyridine rings is 1. The molecular weight excluding hydrogens is 290 g/mol. The van der Waals surface area contributed by atoms with E-state index < -0.39 is 0 Å². The third kappa shape index (κ3) is 3.56. The van der Waals surface area contributed by atoms with Gasteiger partial charge in [-0.1, -0.05) is 6.07 Å². The molecule has 1 aromatic heterocycles. The zero-order valence-corrected chi connectivity index (χ0v) is 13.7. The summed E-state index contributed by atoms with van der Waals surface area (Å²) < 4.78 is 11.5. The minimum Gasteiger partial charge on any atom is -0.496 e. The van der Waals surface area contributed by atoms with Crippen molar-refractivity contribution in [3.8, 4) is 22.8 Å². The summed E-state index contributed by atoms with van der Waals surface area (Å²) in [5.74, 6) is 2.05. The Bertz CT molecular complexity index is 675. The molecule has 1 aliphatic heterocycles. The normalized spacial score (nSPS) is 18.1. The lowest BCUT2D eigenvalue weighted by molar-refractivity contribution is 0.198. The molecule has 0 amide bonds. The summed E-state index contributed by atoms with van der Waals surface area (Å²) in [4.78, 5) is 6.70. The molecule has 1 atom stereocenters. The topological polar surface area (TPSA) is 60.6 Å². The van der Waals surface area contributed by atoms with Gasteiger partial charge in [0.1, 0.15) is 23.9 Å². The highest BCUT2D eigenvalue weighted by Gasteiger charge is 2.21. The number of methoxy groups -OCH3 is 1. The molecule has 1 unspecified atom stereocenters. The smallest absolute Gasteiger partial charge is 0.131 e. The van der Waals surface area contributed by atoms with E-state index in [0.717, 1.165) is 29.3 Å². The molecule has 23 heavy (non-hydrogen) atoms. The molecule has 0 radical (unpaired) electrons. The summed E-state index contributed by atoms with van der Waals surface area (Å²) in [5, 5.41) is 0. The van der Waals surface area contributed by atoms with Crippen molar-refractivity contribution in [3.63, 3.8) is 0 Å². The van der Waals surface area contributed by atoms with Gasteiger partial charge in [0.05, 0.1) is 12.8 Å². The van der Waals surface area contributed by atoms with Crippen LogP contribution < -0.4 is 15.2 Å². The van der Waals surface area contributed by atoms with Gasteiger partial charge in [0, 0.05) is 17.7 Å². The number of hydrogen-bond donors (Lipinski definition) is 1. The minimum absolute atomic E-state index is 0.495. The van der Waals surface area contributed by atoms with Gasteiger partial charge < -0.3 is 20.1 Å². The van der Waals surface area contributed by atoms with Crippen LogP contribution in [0.1, 0.15) is 12.8 Å². The fraction of sp³-hybridized carbons (Fsp3) is 0.389. The Morgan fingerprint density at radius 1 is 1.30 bits per heavy atom. The number of ether oxygens (including phenoxy) is 2. The number of anilines is 1. The number of likely N-dealkylation sites (N-methyl/N-ethyl adjacent to an activating group) is 1. The van der Waals surface area contributed by atoms with Gasteiger partial charge in [0.25, 0.3) is 0 Å². The molecule has 122 valence electrons. The molecule has 5 nitrogen and oxygen atoms in total. The van der Waals surface area contributed by atoms with E-state index in [-0.39, 0.29) is 0 Å². The molecular formula is C18H23N3O2. The predicted octanol–water partition coefficient (Wildman–Crippen LogP) is 2.81. The van der Waals surface area contributed by atoms with Crippen LogP contribution in [0.2, 0.25) is 0 Å². The van der Waals surface area contributed by atoms with E-state index in [2.05, 4.69) is 16.9 Å². The molecule has 2 aromatic rings. The van der Waals surface area contributed by atoms with Crippen LogP contribution in [0.25, 0.3) is 11.3 Å². The summed E-state index contributed by atoms with van der Waals surface area (Å²) in [7, 11) is 3.80. The van der Waals surface area contributed by atoms with E-state index in [1.807, 2.05) is 30.3 Å². The largest absolute Gasteiger partial charge is 0.496 e. The molecule has 0 saturated carbocycles. The first kappa shape index (κ1) is 15.6. The first-order valence-electron chi connectivity index (χ1n) is 7.91. The third-order valence-corrected chi connectivity index (χ3v) is 4.33. The number of nitrogens with two attached hydrogens (primary N) is 1. The van der Waals surface area contributed by atoms with Crippen molar-refractivity contribution in [2.45, 2.75) is 18.9 Å². The van der Waals surface area contributed by atoms with Gasteiger partial charge in [0.15, 0.2) is 0 Å². The number of rotatable bonds is 5. The van der Waals surface area contributed by atoms with Crippen molar-refractivity contribution in [2.24, 2.45) is 0 Å². The lowest BCUT2D eigenvalue weighted by atomic mass is 10.1. The van der Waals surface area contributed by atoms with Crippen molar-refractivity contribution in [1.29, 1.82) is 0 Å².